The molecule has 0 aliphatic carbocycles. The Labute approximate surface area is 152 Å². The fraction of sp³-hybridized carbons (Fsp3) is 0.250. The summed E-state index contributed by atoms with van der Waals surface area (Å²) in [7, 11) is 4.77. The number of rotatable bonds is 7. The molecule has 3 aromatic rings. The van der Waals surface area contributed by atoms with Crippen LogP contribution in [-0.4, -0.2) is 33.1 Å². The minimum absolute atomic E-state index is 0.558. The summed E-state index contributed by atoms with van der Waals surface area (Å²) in [5, 5.41) is 4.18. The lowest BCUT2D eigenvalue weighted by molar-refractivity contribution is 0.340. The van der Waals surface area contributed by atoms with Crippen molar-refractivity contribution >= 4 is 0 Å². The number of nitrogens with zero attached hydrogens (tertiary/aromatic N) is 1. The van der Waals surface area contributed by atoms with Crippen LogP contribution in [0.4, 0.5) is 0 Å². The highest BCUT2D eigenvalue weighted by molar-refractivity contribution is 5.85. The summed E-state index contributed by atoms with van der Waals surface area (Å²) in [5.74, 6) is 2.57. The van der Waals surface area contributed by atoms with Gasteiger partial charge >= 0.3 is 0 Å². The fourth-order valence-electron chi connectivity index (χ4n) is 2.77. The van der Waals surface area contributed by atoms with Gasteiger partial charge in [-0.1, -0.05) is 17.3 Å². The van der Waals surface area contributed by atoms with E-state index < -0.39 is 0 Å². The molecule has 0 radical (unpaired) electrons. The first-order chi connectivity index (χ1) is 12.7. The van der Waals surface area contributed by atoms with Crippen molar-refractivity contribution in [3.8, 4) is 45.4 Å². The van der Waals surface area contributed by atoms with Gasteiger partial charge in [0, 0.05) is 11.6 Å². The Morgan fingerprint density at radius 3 is 2.27 bits per heavy atom. The van der Waals surface area contributed by atoms with Crippen LogP contribution in [0.1, 0.15) is 6.92 Å². The van der Waals surface area contributed by atoms with E-state index in [1.807, 2.05) is 37.3 Å². The highest BCUT2D eigenvalue weighted by Crippen LogP contribution is 2.44. The molecular formula is C20H21NO5. The van der Waals surface area contributed by atoms with Gasteiger partial charge in [0.15, 0.2) is 11.5 Å². The second-order valence-electron chi connectivity index (χ2n) is 5.44. The predicted molar refractivity (Wildman–Crippen MR) is 98.2 cm³/mol. The molecule has 3 rings (SSSR count). The van der Waals surface area contributed by atoms with Gasteiger partial charge in [0.1, 0.15) is 23.5 Å². The number of ether oxygens (including phenoxy) is 4. The smallest absolute Gasteiger partial charge is 0.170 e. The second kappa shape index (κ2) is 7.82. The van der Waals surface area contributed by atoms with Crippen LogP contribution in [0.3, 0.4) is 0 Å². The van der Waals surface area contributed by atoms with E-state index in [0.29, 0.717) is 29.5 Å². The maximum Gasteiger partial charge on any atom is 0.170 e. The molecule has 1 aromatic heterocycles. The quantitative estimate of drug-likeness (QED) is 0.625. The molecule has 0 saturated heterocycles. The molecule has 136 valence electrons. The standard InChI is InChI=1S/C20H21NO5/c1-5-25-14-8-6-13(7-9-14)17-12-26-21-19(17)16-10-15(22-2)11-18(23-3)20(16)24-4/h6-12H,5H2,1-4H3. The Bertz CT molecular complexity index is 870. The first kappa shape index (κ1) is 17.7. The van der Waals surface area contributed by atoms with Crippen molar-refractivity contribution < 1.29 is 23.5 Å². The van der Waals surface area contributed by atoms with Crippen molar-refractivity contribution in [2.75, 3.05) is 27.9 Å². The zero-order chi connectivity index (χ0) is 18.5. The van der Waals surface area contributed by atoms with Crippen LogP contribution in [0.5, 0.6) is 23.0 Å². The lowest BCUT2D eigenvalue weighted by atomic mass is 10.0. The number of methoxy groups -OCH3 is 3. The molecule has 0 aliphatic heterocycles. The minimum Gasteiger partial charge on any atom is -0.497 e. The highest BCUT2D eigenvalue weighted by atomic mass is 16.5. The summed E-state index contributed by atoms with van der Waals surface area (Å²) in [6, 6.07) is 11.4. The summed E-state index contributed by atoms with van der Waals surface area (Å²) in [6.07, 6.45) is 1.61. The molecular weight excluding hydrogens is 334 g/mol. The fourth-order valence-corrected chi connectivity index (χ4v) is 2.77. The molecule has 0 fully saturated rings. The molecule has 0 amide bonds. The summed E-state index contributed by atoms with van der Waals surface area (Å²) >= 11 is 0. The van der Waals surface area contributed by atoms with E-state index in [9.17, 15) is 0 Å². The number of aromatic nitrogens is 1. The van der Waals surface area contributed by atoms with Crippen LogP contribution in [-0.2, 0) is 0 Å². The van der Waals surface area contributed by atoms with E-state index in [4.69, 9.17) is 23.5 Å². The van der Waals surface area contributed by atoms with E-state index in [2.05, 4.69) is 5.16 Å². The second-order valence-corrected chi connectivity index (χ2v) is 5.44. The van der Waals surface area contributed by atoms with Gasteiger partial charge in [-0.25, -0.2) is 0 Å². The monoisotopic (exact) mass is 355 g/mol. The predicted octanol–water partition coefficient (Wildman–Crippen LogP) is 4.43. The SMILES string of the molecule is CCOc1ccc(-c2conc2-c2cc(OC)cc(OC)c2OC)cc1. The van der Waals surface area contributed by atoms with Gasteiger partial charge < -0.3 is 23.5 Å². The van der Waals surface area contributed by atoms with E-state index in [1.165, 1.54) is 0 Å². The number of hydrogen-bond donors (Lipinski definition) is 0. The van der Waals surface area contributed by atoms with Crippen LogP contribution in [0.2, 0.25) is 0 Å². The Morgan fingerprint density at radius 1 is 0.885 bits per heavy atom. The highest BCUT2D eigenvalue weighted by Gasteiger charge is 2.21. The Kier molecular flexibility index (Phi) is 5.31. The molecule has 6 heteroatoms. The van der Waals surface area contributed by atoms with E-state index in [-0.39, 0.29) is 0 Å². The first-order valence-electron chi connectivity index (χ1n) is 8.19. The minimum atomic E-state index is 0.558. The Hall–Kier alpha value is -3.15. The number of benzene rings is 2. The third-order valence-corrected chi connectivity index (χ3v) is 3.99. The summed E-state index contributed by atoms with van der Waals surface area (Å²) < 4.78 is 27.1. The largest absolute Gasteiger partial charge is 0.497 e. The molecule has 0 atom stereocenters. The summed E-state index contributed by atoms with van der Waals surface area (Å²) in [4.78, 5) is 0. The van der Waals surface area contributed by atoms with Crippen LogP contribution < -0.4 is 18.9 Å². The Morgan fingerprint density at radius 2 is 1.65 bits per heavy atom. The topological polar surface area (TPSA) is 63.0 Å². The third kappa shape index (κ3) is 3.31. The lowest BCUT2D eigenvalue weighted by Crippen LogP contribution is -1.96. The van der Waals surface area contributed by atoms with Crippen molar-refractivity contribution in [3.05, 3.63) is 42.7 Å². The molecule has 1 heterocycles. The van der Waals surface area contributed by atoms with E-state index in [1.54, 1.807) is 33.7 Å². The normalized spacial score (nSPS) is 10.5. The van der Waals surface area contributed by atoms with Crippen molar-refractivity contribution in [1.29, 1.82) is 0 Å². The number of hydrogen-bond acceptors (Lipinski definition) is 6. The summed E-state index contributed by atoms with van der Waals surface area (Å²) in [5.41, 5.74) is 3.15. The van der Waals surface area contributed by atoms with Crippen LogP contribution in [0.15, 0.2) is 47.2 Å². The average Bonchev–Trinajstić information content (AvgIpc) is 3.17. The van der Waals surface area contributed by atoms with Gasteiger partial charge in [0.25, 0.3) is 0 Å². The van der Waals surface area contributed by atoms with Gasteiger partial charge in [0.2, 0.25) is 0 Å². The first-order valence-corrected chi connectivity index (χ1v) is 8.19. The zero-order valence-electron chi connectivity index (χ0n) is 15.2. The zero-order valence-corrected chi connectivity index (χ0v) is 15.2. The van der Waals surface area contributed by atoms with Crippen molar-refractivity contribution in [2.45, 2.75) is 6.92 Å². The molecule has 0 N–H and O–H groups in total. The molecule has 2 aromatic carbocycles. The van der Waals surface area contributed by atoms with Gasteiger partial charge in [-0.3, -0.25) is 0 Å². The van der Waals surface area contributed by atoms with Gasteiger partial charge in [0.05, 0.1) is 33.5 Å². The van der Waals surface area contributed by atoms with Crippen LogP contribution in [0.25, 0.3) is 22.4 Å². The van der Waals surface area contributed by atoms with Gasteiger partial charge in [-0.05, 0) is 30.7 Å². The molecule has 0 aliphatic rings. The molecule has 6 nitrogen and oxygen atoms in total. The lowest BCUT2D eigenvalue weighted by Gasteiger charge is -2.14. The van der Waals surface area contributed by atoms with E-state index >= 15 is 0 Å². The maximum absolute atomic E-state index is 5.55. The van der Waals surface area contributed by atoms with E-state index in [0.717, 1.165) is 22.4 Å². The third-order valence-electron chi connectivity index (χ3n) is 3.99. The molecule has 26 heavy (non-hydrogen) atoms. The molecule has 0 spiro atoms. The maximum atomic E-state index is 5.55. The van der Waals surface area contributed by atoms with Crippen molar-refractivity contribution in [2.24, 2.45) is 0 Å². The van der Waals surface area contributed by atoms with Gasteiger partial charge in [-0.2, -0.15) is 0 Å². The van der Waals surface area contributed by atoms with Crippen molar-refractivity contribution in [3.63, 3.8) is 0 Å². The van der Waals surface area contributed by atoms with Crippen molar-refractivity contribution in [1.82, 2.24) is 5.16 Å². The van der Waals surface area contributed by atoms with Crippen LogP contribution in [0, 0.1) is 0 Å². The molecule has 0 bridgehead atoms. The van der Waals surface area contributed by atoms with Crippen LogP contribution >= 0.6 is 0 Å². The average molecular weight is 355 g/mol. The molecule has 0 saturated carbocycles. The molecule has 0 unspecified atom stereocenters. The Balaban J connectivity index is 2.11. The summed E-state index contributed by atoms with van der Waals surface area (Å²) in [6.45, 7) is 2.58. The van der Waals surface area contributed by atoms with Gasteiger partial charge in [-0.15, -0.1) is 0 Å².